The zero-order chi connectivity index (χ0) is 13.8. The molecule has 0 N–H and O–H groups in total. The minimum atomic E-state index is 0.783. The first-order chi connectivity index (χ1) is 9.81. The van der Waals surface area contributed by atoms with Gasteiger partial charge in [0.25, 0.3) is 0 Å². The van der Waals surface area contributed by atoms with E-state index in [9.17, 15) is 0 Å². The zero-order valence-corrected chi connectivity index (χ0v) is 11.9. The van der Waals surface area contributed by atoms with Gasteiger partial charge in [0.1, 0.15) is 0 Å². The normalized spacial score (nSPS) is 10.7. The van der Waals surface area contributed by atoms with E-state index in [2.05, 4.69) is 65.4 Å². The smallest absolute Gasteiger partial charge is 0.0472 e. The molecule has 1 nitrogen and oxygen atoms in total. The zero-order valence-electron chi connectivity index (χ0n) is 11.2. The van der Waals surface area contributed by atoms with E-state index >= 15 is 0 Å². The monoisotopic (exact) mass is 281 g/mol. The lowest BCUT2D eigenvalue weighted by Crippen LogP contribution is -2.03. The average molecular weight is 282 g/mol. The molecule has 3 aromatic rings. The van der Waals surface area contributed by atoms with Crippen LogP contribution in [0.2, 0.25) is 5.02 Å². The molecule has 0 aliphatic heterocycles. The number of aromatic nitrogens is 1. The molecule has 3 rings (SSSR count). The molecular formula is C18H16ClN. The number of hydrogen-bond donors (Lipinski definition) is 0. The highest BCUT2D eigenvalue weighted by Gasteiger charge is 2.03. The summed E-state index contributed by atoms with van der Waals surface area (Å²) in [4.78, 5) is 0. The number of nitrogens with zero attached hydrogens (tertiary/aromatic N) is 1. The molecule has 2 heteroatoms. The Hall–Kier alpha value is -1.99. The highest BCUT2D eigenvalue weighted by molar-refractivity contribution is 6.30. The molecule has 0 amide bonds. The Morgan fingerprint density at radius 2 is 1.50 bits per heavy atom. The fourth-order valence-electron chi connectivity index (χ4n) is 2.36. The number of benzene rings is 2. The van der Waals surface area contributed by atoms with Crippen molar-refractivity contribution in [3.05, 3.63) is 94.8 Å². The summed E-state index contributed by atoms with van der Waals surface area (Å²) >= 11 is 5.93. The van der Waals surface area contributed by atoms with Crippen LogP contribution in [0.1, 0.15) is 16.8 Å². The molecule has 100 valence electrons. The minimum absolute atomic E-state index is 0.783. The first-order valence-electron chi connectivity index (χ1n) is 6.74. The van der Waals surface area contributed by atoms with Gasteiger partial charge < -0.3 is 4.57 Å². The third-order valence-corrected chi connectivity index (χ3v) is 3.67. The first-order valence-corrected chi connectivity index (χ1v) is 7.11. The van der Waals surface area contributed by atoms with Gasteiger partial charge in [0.15, 0.2) is 0 Å². The van der Waals surface area contributed by atoms with E-state index < -0.39 is 0 Å². The molecule has 0 saturated carbocycles. The van der Waals surface area contributed by atoms with Crippen LogP contribution >= 0.6 is 11.6 Å². The van der Waals surface area contributed by atoms with Gasteiger partial charge in [0.2, 0.25) is 0 Å². The predicted molar refractivity (Wildman–Crippen MR) is 84.2 cm³/mol. The maximum Gasteiger partial charge on any atom is 0.0472 e. The van der Waals surface area contributed by atoms with Gasteiger partial charge in [-0.3, -0.25) is 0 Å². The van der Waals surface area contributed by atoms with Crippen molar-refractivity contribution in [2.75, 3.05) is 0 Å². The molecule has 0 aliphatic rings. The average Bonchev–Trinajstić information content (AvgIpc) is 2.90. The van der Waals surface area contributed by atoms with Crippen LogP contribution in [0.4, 0.5) is 0 Å². The third kappa shape index (κ3) is 3.12. The van der Waals surface area contributed by atoms with Crippen LogP contribution in [0.15, 0.2) is 72.9 Å². The van der Waals surface area contributed by atoms with Crippen LogP contribution in [-0.4, -0.2) is 4.57 Å². The van der Waals surface area contributed by atoms with Crippen molar-refractivity contribution in [1.29, 1.82) is 0 Å². The van der Waals surface area contributed by atoms with E-state index in [1.54, 1.807) is 0 Å². The highest BCUT2D eigenvalue weighted by Crippen LogP contribution is 2.14. The van der Waals surface area contributed by atoms with Crippen molar-refractivity contribution in [3.8, 4) is 0 Å². The van der Waals surface area contributed by atoms with Crippen molar-refractivity contribution in [2.24, 2.45) is 0 Å². The van der Waals surface area contributed by atoms with E-state index in [1.165, 1.54) is 16.8 Å². The Labute approximate surface area is 124 Å². The van der Waals surface area contributed by atoms with Crippen molar-refractivity contribution in [1.82, 2.24) is 4.57 Å². The lowest BCUT2D eigenvalue weighted by atomic mass is 10.1. The number of hydrogen-bond acceptors (Lipinski definition) is 0. The molecule has 0 bridgehead atoms. The van der Waals surface area contributed by atoms with Crippen molar-refractivity contribution in [3.63, 3.8) is 0 Å². The Bertz CT molecular complexity index is 668. The summed E-state index contributed by atoms with van der Waals surface area (Å²) in [5.41, 5.74) is 3.93. The van der Waals surface area contributed by atoms with Crippen LogP contribution < -0.4 is 0 Å². The lowest BCUT2D eigenvalue weighted by molar-refractivity contribution is 0.758. The highest BCUT2D eigenvalue weighted by atomic mass is 35.5. The van der Waals surface area contributed by atoms with Gasteiger partial charge in [0, 0.05) is 29.9 Å². The number of halogens is 1. The molecule has 0 fully saturated rings. The Balaban J connectivity index is 1.78. The lowest BCUT2D eigenvalue weighted by Gasteiger charge is -2.10. The van der Waals surface area contributed by atoms with Gasteiger partial charge >= 0.3 is 0 Å². The Morgan fingerprint density at radius 3 is 2.25 bits per heavy atom. The summed E-state index contributed by atoms with van der Waals surface area (Å²) in [6, 6.07) is 22.9. The van der Waals surface area contributed by atoms with Crippen molar-refractivity contribution >= 4 is 11.6 Å². The summed E-state index contributed by atoms with van der Waals surface area (Å²) < 4.78 is 2.29. The molecule has 0 radical (unpaired) electrons. The Morgan fingerprint density at radius 1 is 0.750 bits per heavy atom. The van der Waals surface area contributed by atoms with Gasteiger partial charge in [-0.1, -0.05) is 54.1 Å². The molecule has 0 atom stereocenters. The summed E-state index contributed by atoms with van der Waals surface area (Å²) in [5.74, 6) is 0. The van der Waals surface area contributed by atoms with Gasteiger partial charge in [0.05, 0.1) is 0 Å². The van der Waals surface area contributed by atoms with Crippen LogP contribution in [-0.2, 0) is 13.0 Å². The summed E-state index contributed by atoms with van der Waals surface area (Å²) in [7, 11) is 0. The SMILES string of the molecule is Clc1ccc(Cn2cccc2Cc2ccccc2)cc1. The maximum atomic E-state index is 5.93. The molecule has 0 spiro atoms. The van der Waals surface area contributed by atoms with Crippen LogP contribution in [0.3, 0.4) is 0 Å². The minimum Gasteiger partial charge on any atom is -0.347 e. The van der Waals surface area contributed by atoms with Crippen molar-refractivity contribution in [2.45, 2.75) is 13.0 Å². The second-order valence-corrected chi connectivity index (χ2v) is 5.35. The van der Waals surface area contributed by atoms with Gasteiger partial charge in [-0.15, -0.1) is 0 Å². The first kappa shape index (κ1) is 13.0. The van der Waals surface area contributed by atoms with Crippen LogP contribution in [0, 0.1) is 0 Å². The molecule has 1 heterocycles. The van der Waals surface area contributed by atoms with Crippen molar-refractivity contribution < 1.29 is 0 Å². The third-order valence-electron chi connectivity index (χ3n) is 3.42. The number of rotatable bonds is 4. The second kappa shape index (κ2) is 5.98. The molecule has 0 saturated heterocycles. The summed E-state index contributed by atoms with van der Waals surface area (Å²) in [6.45, 7) is 0.881. The molecular weight excluding hydrogens is 266 g/mol. The fraction of sp³-hybridized carbons (Fsp3) is 0.111. The van der Waals surface area contributed by atoms with E-state index in [0.29, 0.717) is 0 Å². The fourth-order valence-corrected chi connectivity index (χ4v) is 2.48. The standard InChI is InChI=1S/C18H16ClN/c19-17-10-8-16(9-11-17)14-20-12-4-7-18(20)13-15-5-2-1-3-6-15/h1-12H,13-14H2. The maximum absolute atomic E-state index is 5.93. The van der Waals surface area contributed by atoms with Gasteiger partial charge in [-0.2, -0.15) is 0 Å². The molecule has 1 aromatic heterocycles. The predicted octanol–water partition coefficient (Wildman–Crippen LogP) is 4.78. The van der Waals surface area contributed by atoms with Crippen LogP contribution in [0.25, 0.3) is 0 Å². The van der Waals surface area contributed by atoms with Gasteiger partial charge in [-0.05, 0) is 35.4 Å². The molecule has 0 aliphatic carbocycles. The molecule has 2 aromatic carbocycles. The van der Waals surface area contributed by atoms with Gasteiger partial charge in [-0.25, -0.2) is 0 Å². The summed E-state index contributed by atoms with van der Waals surface area (Å²) in [6.07, 6.45) is 3.09. The summed E-state index contributed by atoms with van der Waals surface area (Å²) in [5, 5.41) is 0.783. The Kier molecular flexibility index (Phi) is 3.89. The topological polar surface area (TPSA) is 4.93 Å². The van der Waals surface area contributed by atoms with E-state index in [0.717, 1.165) is 18.0 Å². The van der Waals surface area contributed by atoms with E-state index in [-0.39, 0.29) is 0 Å². The second-order valence-electron chi connectivity index (χ2n) is 4.92. The van der Waals surface area contributed by atoms with Crippen LogP contribution in [0.5, 0.6) is 0 Å². The molecule has 0 unspecified atom stereocenters. The van der Waals surface area contributed by atoms with E-state index in [1.807, 2.05) is 12.1 Å². The van der Waals surface area contributed by atoms with E-state index in [4.69, 9.17) is 11.6 Å². The quantitative estimate of drug-likeness (QED) is 0.648. The largest absolute Gasteiger partial charge is 0.347 e. The molecule has 20 heavy (non-hydrogen) atoms.